The molecule has 7 nitrogen and oxygen atoms in total. The third-order valence-electron chi connectivity index (χ3n) is 2.60. The second kappa shape index (κ2) is 4.78. The lowest BCUT2D eigenvalue weighted by molar-refractivity contribution is 0.0647. The number of para-hydroxylation sites is 1. The molecule has 0 aliphatic rings. The quantitative estimate of drug-likeness (QED) is 0.790. The molecule has 2 aromatic rings. The molecule has 0 radical (unpaired) electrons. The molecule has 0 fully saturated rings. The number of aromatic carboxylic acids is 3. The van der Waals surface area contributed by atoms with Crippen LogP contribution in [0.5, 0.6) is 0 Å². The zero-order valence-corrected chi connectivity index (χ0v) is 10.4. The van der Waals surface area contributed by atoms with E-state index in [9.17, 15) is 14.4 Å². The van der Waals surface area contributed by atoms with Crippen LogP contribution in [0, 0.1) is 0 Å². The highest BCUT2D eigenvalue weighted by atomic mass is 35.5. The van der Waals surface area contributed by atoms with Crippen LogP contribution < -0.4 is 0 Å². The number of aromatic nitrogens is 1. The van der Waals surface area contributed by atoms with Gasteiger partial charge in [0.15, 0.2) is 5.69 Å². The first-order valence-electron chi connectivity index (χ1n) is 5.16. The van der Waals surface area contributed by atoms with E-state index in [-0.39, 0.29) is 21.5 Å². The van der Waals surface area contributed by atoms with Gasteiger partial charge in [-0.1, -0.05) is 23.7 Å². The molecule has 1 aromatic carbocycles. The van der Waals surface area contributed by atoms with Crippen molar-refractivity contribution >= 4 is 40.4 Å². The molecule has 0 aliphatic carbocycles. The van der Waals surface area contributed by atoms with Gasteiger partial charge in [-0.25, -0.2) is 19.4 Å². The highest BCUT2D eigenvalue weighted by Gasteiger charge is 2.25. The van der Waals surface area contributed by atoms with Crippen LogP contribution >= 0.6 is 11.6 Å². The summed E-state index contributed by atoms with van der Waals surface area (Å²) in [5.41, 5.74) is -1.91. The van der Waals surface area contributed by atoms with Crippen molar-refractivity contribution in [1.82, 2.24) is 4.98 Å². The molecular weight excluding hydrogens is 290 g/mol. The molecule has 0 aliphatic heterocycles. The summed E-state index contributed by atoms with van der Waals surface area (Å²) in [5, 5.41) is 26.8. The number of fused-ring (bicyclic) bond motifs is 1. The summed E-state index contributed by atoms with van der Waals surface area (Å²) in [6.07, 6.45) is 0. The summed E-state index contributed by atoms with van der Waals surface area (Å²) < 4.78 is 0. The third kappa shape index (κ3) is 2.04. The molecule has 0 atom stereocenters. The molecule has 0 bridgehead atoms. The predicted octanol–water partition coefficient (Wildman–Crippen LogP) is 1.98. The number of pyridine rings is 1. The number of hydrogen-bond donors (Lipinski definition) is 3. The maximum absolute atomic E-state index is 11.1. The van der Waals surface area contributed by atoms with Crippen LogP contribution in [0.3, 0.4) is 0 Å². The van der Waals surface area contributed by atoms with Gasteiger partial charge in [-0.15, -0.1) is 0 Å². The van der Waals surface area contributed by atoms with Crippen LogP contribution in [-0.2, 0) is 0 Å². The van der Waals surface area contributed by atoms with Crippen LogP contribution in [0.15, 0.2) is 18.2 Å². The monoisotopic (exact) mass is 295 g/mol. The summed E-state index contributed by atoms with van der Waals surface area (Å²) >= 11 is 5.89. The zero-order chi connectivity index (χ0) is 15.0. The lowest BCUT2D eigenvalue weighted by Crippen LogP contribution is -2.13. The van der Waals surface area contributed by atoms with E-state index in [1.807, 2.05) is 0 Å². The van der Waals surface area contributed by atoms with Gasteiger partial charge in [-0.2, -0.15) is 0 Å². The second-order valence-electron chi connectivity index (χ2n) is 3.77. The van der Waals surface area contributed by atoms with Gasteiger partial charge in [0.1, 0.15) is 5.56 Å². The Kier molecular flexibility index (Phi) is 3.29. The first kappa shape index (κ1) is 13.8. The standard InChI is InChI=1S/C12H6ClNO6/c13-7-4-2-1-3-5(10(15)16)8(4)14-9(12(19)20)6(7)11(17)18/h1-3H,(H,15,16)(H,17,18)(H,19,20). The second-order valence-corrected chi connectivity index (χ2v) is 4.14. The number of nitrogens with zero attached hydrogens (tertiary/aromatic N) is 1. The minimum absolute atomic E-state index is 0.0639. The molecule has 1 heterocycles. The summed E-state index contributed by atoms with van der Waals surface area (Å²) in [4.78, 5) is 36.9. The zero-order valence-electron chi connectivity index (χ0n) is 9.62. The molecule has 20 heavy (non-hydrogen) atoms. The maximum Gasteiger partial charge on any atom is 0.355 e. The maximum atomic E-state index is 11.1. The van der Waals surface area contributed by atoms with Crippen molar-refractivity contribution in [3.63, 3.8) is 0 Å². The number of carboxylic acid groups (broad SMARTS) is 3. The largest absolute Gasteiger partial charge is 0.478 e. The van der Waals surface area contributed by atoms with Crippen LogP contribution in [-0.4, -0.2) is 38.2 Å². The van der Waals surface area contributed by atoms with E-state index in [1.165, 1.54) is 18.2 Å². The number of carboxylic acids is 3. The Morgan fingerprint density at radius 3 is 2.15 bits per heavy atom. The average molecular weight is 296 g/mol. The van der Waals surface area contributed by atoms with Gasteiger partial charge in [0.25, 0.3) is 0 Å². The van der Waals surface area contributed by atoms with Gasteiger partial charge < -0.3 is 15.3 Å². The minimum Gasteiger partial charge on any atom is -0.478 e. The smallest absolute Gasteiger partial charge is 0.355 e. The van der Waals surface area contributed by atoms with Gasteiger partial charge >= 0.3 is 17.9 Å². The fraction of sp³-hybridized carbons (Fsp3) is 0. The van der Waals surface area contributed by atoms with Crippen molar-refractivity contribution in [1.29, 1.82) is 0 Å². The molecule has 3 N–H and O–H groups in total. The lowest BCUT2D eigenvalue weighted by atomic mass is 10.1. The lowest BCUT2D eigenvalue weighted by Gasteiger charge is -2.09. The van der Waals surface area contributed by atoms with Crippen molar-refractivity contribution in [3.05, 3.63) is 40.0 Å². The van der Waals surface area contributed by atoms with E-state index in [1.54, 1.807) is 0 Å². The van der Waals surface area contributed by atoms with Crippen molar-refractivity contribution in [2.45, 2.75) is 0 Å². The number of hydrogen-bond acceptors (Lipinski definition) is 4. The Balaban J connectivity index is 3.01. The van der Waals surface area contributed by atoms with E-state index in [2.05, 4.69) is 4.98 Å². The van der Waals surface area contributed by atoms with Gasteiger partial charge in [-0.3, -0.25) is 0 Å². The summed E-state index contributed by atoms with van der Waals surface area (Å²) in [5.74, 6) is -4.48. The van der Waals surface area contributed by atoms with Crippen LogP contribution in [0.25, 0.3) is 10.9 Å². The summed E-state index contributed by atoms with van der Waals surface area (Å²) in [6.45, 7) is 0. The molecule has 102 valence electrons. The Labute approximate surface area is 116 Å². The van der Waals surface area contributed by atoms with E-state index >= 15 is 0 Å². The van der Waals surface area contributed by atoms with Crippen molar-refractivity contribution in [3.8, 4) is 0 Å². The summed E-state index contributed by atoms with van der Waals surface area (Å²) in [7, 11) is 0. The Bertz CT molecular complexity index is 770. The molecule has 0 saturated carbocycles. The third-order valence-corrected chi connectivity index (χ3v) is 2.99. The van der Waals surface area contributed by atoms with Gasteiger partial charge in [0.05, 0.1) is 16.1 Å². The fourth-order valence-electron chi connectivity index (χ4n) is 1.77. The van der Waals surface area contributed by atoms with Gasteiger partial charge in [0, 0.05) is 5.39 Å². The average Bonchev–Trinajstić information content (AvgIpc) is 2.36. The van der Waals surface area contributed by atoms with Crippen molar-refractivity contribution < 1.29 is 29.7 Å². The topological polar surface area (TPSA) is 125 Å². The molecular formula is C12H6ClNO6. The van der Waals surface area contributed by atoms with E-state index in [0.29, 0.717) is 0 Å². The number of halogens is 1. The Hall–Kier alpha value is -2.67. The number of benzene rings is 1. The highest BCUT2D eigenvalue weighted by Crippen LogP contribution is 2.30. The van der Waals surface area contributed by atoms with Crippen LogP contribution in [0.2, 0.25) is 5.02 Å². The van der Waals surface area contributed by atoms with Gasteiger partial charge in [0.2, 0.25) is 0 Å². The number of carbonyl (C=O) groups is 3. The summed E-state index contributed by atoms with van der Waals surface area (Å²) in [6, 6.07) is 3.96. The minimum atomic E-state index is -1.61. The number of rotatable bonds is 3. The molecule has 8 heteroatoms. The van der Waals surface area contributed by atoms with Crippen LogP contribution in [0.4, 0.5) is 0 Å². The van der Waals surface area contributed by atoms with Crippen molar-refractivity contribution in [2.75, 3.05) is 0 Å². The van der Waals surface area contributed by atoms with E-state index < -0.39 is 29.2 Å². The first-order valence-corrected chi connectivity index (χ1v) is 5.54. The van der Waals surface area contributed by atoms with Crippen LogP contribution in [0.1, 0.15) is 31.2 Å². The molecule has 1 aromatic heterocycles. The van der Waals surface area contributed by atoms with Crippen molar-refractivity contribution in [2.24, 2.45) is 0 Å². The predicted molar refractivity (Wildman–Crippen MR) is 67.6 cm³/mol. The normalized spacial score (nSPS) is 10.4. The molecule has 2 rings (SSSR count). The SMILES string of the molecule is O=C(O)c1nc2c(C(=O)O)cccc2c(Cl)c1C(=O)O. The molecule has 0 amide bonds. The Morgan fingerprint density at radius 2 is 1.65 bits per heavy atom. The Morgan fingerprint density at radius 1 is 1.00 bits per heavy atom. The van der Waals surface area contributed by atoms with Gasteiger partial charge in [-0.05, 0) is 6.07 Å². The van der Waals surface area contributed by atoms with E-state index in [0.717, 1.165) is 0 Å². The molecule has 0 saturated heterocycles. The molecule has 0 spiro atoms. The highest BCUT2D eigenvalue weighted by molar-refractivity contribution is 6.39. The fourth-order valence-corrected chi connectivity index (χ4v) is 2.09. The molecule has 0 unspecified atom stereocenters. The van der Waals surface area contributed by atoms with E-state index in [4.69, 9.17) is 26.9 Å². The first-order chi connectivity index (χ1) is 9.34.